The van der Waals surface area contributed by atoms with Crippen LogP contribution in [-0.2, 0) is 4.74 Å². The third-order valence-corrected chi connectivity index (χ3v) is 3.96. The zero-order valence-corrected chi connectivity index (χ0v) is 14.6. The van der Waals surface area contributed by atoms with Crippen molar-refractivity contribution in [2.75, 3.05) is 13.6 Å². The number of hydrogen-bond acceptors (Lipinski definition) is 2. The molecule has 0 aliphatic carbocycles. The van der Waals surface area contributed by atoms with Gasteiger partial charge in [0.05, 0.1) is 12.2 Å². The van der Waals surface area contributed by atoms with Crippen molar-refractivity contribution >= 4 is 15.9 Å². The largest absolute Gasteiger partial charge is 0.369 e. The summed E-state index contributed by atoms with van der Waals surface area (Å²) in [4.78, 5) is 0. The molecule has 0 bridgehead atoms. The summed E-state index contributed by atoms with van der Waals surface area (Å²) in [6.07, 6.45) is 6.78. The second kappa shape index (κ2) is 10.4. The maximum Gasteiger partial charge on any atom is 0.0953 e. The number of halogens is 1. The maximum atomic E-state index is 6.23. The minimum absolute atomic E-state index is 0.124. The van der Waals surface area contributed by atoms with Crippen molar-refractivity contribution in [2.24, 2.45) is 0 Å². The van der Waals surface area contributed by atoms with Crippen molar-refractivity contribution in [1.29, 1.82) is 0 Å². The van der Waals surface area contributed by atoms with E-state index in [0.717, 1.165) is 17.4 Å². The Bertz CT molecular complexity index is 370. The summed E-state index contributed by atoms with van der Waals surface area (Å²) < 4.78 is 7.34. The number of benzene rings is 1. The van der Waals surface area contributed by atoms with Crippen LogP contribution in [0.3, 0.4) is 0 Å². The van der Waals surface area contributed by atoms with E-state index in [4.69, 9.17) is 4.74 Å². The molecule has 1 aromatic rings. The number of hydrogen-bond donors (Lipinski definition) is 1. The fourth-order valence-electron chi connectivity index (χ4n) is 2.34. The first-order valence-electron chi connectivity index (χ1n) is 7.72. The molecule has 2 atom stereocenters. The molecule has 0 aromatic heterocycles. The molecule has 0 saturated carbocycles. The van der Waals surface area contributed by atoms with Crippen LogP contribution in [0.5, 0.6) is 0 Å². The van der Waals surface area contributed by atoms with Crippen molar-refractivity contribution in [3.8, 4) is 0 Å². The van der Waals surface area contributed by atoms with Gasteiger partial charge >= 0.3 is 0 Å². The van der Waals surface area contributed by atoms with Gasteiger partial charge in [0, 0.05) is 11.0 Å². The van der Waals surface area contributed by atoms with Crippen molar-refractivity contribution in [3.63, 3.8) is 0 Å². The fourth-order valence-corrected chi connectivity index (χ4v) is 2.76. The lowest BCUT2D eigenvalue weighted by Crippen LogP contribution is -2.23. The van der Waals surface area contributed by atoms with E-state index in [9.17, 15) is 0 Å². The Morgan fingerprint density at radius 1 is 1.25 bits per heavy atom. The standard InChI is InChI=1S/C17H28BrNO/c1-4-5-6-7-9-14(2)20-17(13-19-3)15-10-8-11-16(18)12-15/h8,10-12,14,17,19H,4-7,9,13H2,1-3H3. The van der Waals surface area contributed by atoms with Crippen LogP contribution in [0.25, 0.3) is 0 Å². The number of ether oxygens (including phenoxy) is 1. The van der Waals surface area contributed by atoms with Gasteiger partial charge in [0.2, 0.25) is 0 Å². The van der Waals surface area contributed by atoms with Gasteiger partial charge in [-0.15, -0.1) is 0 Å². The van der Waals surface area contributed by atoms with E-state index in [1.165, 1.54) is 31.2 Å². The summed E-state index contributed by atoms with van der Waals surface area (Å²) in [7, 11) is 1.97. The normalized spacial score (nSPS) is 14.2. The second-order valence-electron chi connectivity index (χ2n) is 5.40. The van der Waals surface area contributed by atoms with Crippen LogP contribution in [0.4, 0.5) is 0 Å². The van der Waals surface area contributed by atoms with E-state index in [-0.39, 0.29) is 6.10 Å². The first-order valence-corrected chi connectivity index (χ1v) is 8.52. The van der Waals surface area contributed by atoms with Crippen LogP contribution in [0.15, 0.2) is 28.7 Å². The summed E-state index contributed by atoms with van der Waals surface area (Å²) in [6, 6.07) is 8.40. The zero-order chi connectivity index (χ0) is 14.8. The molecule has 1 rings (SSSR count). The molecule has 114 valence electrons. The van der Waals surface area contributed by atoms with Crippen molar-refractivity contribution in [1.82, 2.24) is 5.32 Å². The highest BCUT2D eigenvalue weighted by Gasteiger charge is 2.15. The number of unbranched alkanes of at least 4 members (excludes halogenated alkanes) is 3. The summed E-state index contributed by atoms with van der Waals surface area (Å²) in [5.41, 5.74) is 1.23. The average molecular weight is 342 g/mol. The van der Waals surface area contributed by atoms with Crippen molar-refractivity contribution in [3.05, 3.63) is 34.3 Å². The molecule has 2 nitrogen and oxygen atoms in total. The molecule has 0 fully saturated rings. The van der Waals surface area contributed by atoms with Gasteiger partial charge in [0.25, 0.3) is 0 Å². The maximum absolute atomic E-state index is 6.23. The van der Waals surface area contributed by atoms with Gasteiger partial charge in [-0.2, -0.15) is 0 Å². The van der Waals surface area contributed by atoms with Crippen LogP contribution in [0.1, 0.15) is 57.6 Å². The first kappa shape index (κ1) is 17.7. The highest BCUT2D eigenvalue weighted by molar-refractivity contribution is 9.10. The molecule has 0 heterocycles. The minimum atomic E-state index is 0.124. The Morgan fingerprint density at radius 3 is 2.70 bits per heavy atom. The average Bonchev–Trinajstić information content (AvgIpc) is 2.43. The molecule has 2 unspecified atom stereocenters. The van der Waals surface area contributed by atoms with Gasteiger partial charge < -0.3 is 10.1 Å². The van der Waals surface area contributed by atoms with Gasteiger partial charge in [-0.1, -0.05) is 60.7 Å². The van der Waals surface area contributed by atoms with Crippen LogP contribution >= 0.6 is 15.9 Å². The molecule has 0 saturated heterocycles. The molecular weight excluding hydrogens is 314 g/mol. The molecule has 20 heavy (non-hydrogen) atoms. The summed E-state index contributed by atoms with van der Waals surface area (Å²) in [5.74, 6) is 0. The van der Waals surface area contributed by atoms with Crippen LogP contribution < -0.4 is 5.32 Å². The van der Waals surface area contributed by atoms with Gasteiger partial charge in [-0.3, -0.25) is 0 Å². The molecule has 0 radical (unpaired) electrons. The Kier molecular flexibility index (Phi) is 9.16. The monoisotopic (exact) mass is 341 g/mol. The Morgan fingerprint density at radius 2 is 2.05 bits per heavy atom. The molecule has 0 amide bonds. The molecular formula is C17H28BrNO. The molecule has 0 aliphatic heterocycles. The lowest BCUT2D eigenvalue weighted by Gasteiger charge is -2.23. The second-order valence-corrected chi connectivity index (χ2v) is 6.31. The quantitative estimate of drug-likeness (QED) is 0.598. The predicted octanol–water partition coefficient (Wildman–Crippen LogP) is 5.09. The molecule has 3 heteroatoms. The van der Waals surface area contributed by atoms with E-state index in [1.54, 1.807) is 0 Å². The Hall–Kier alpha value is -0.380. The molecule has 0 aliphatic rings. The SMILES string of the molecule is CCCCCCC(C)OC(CNC)c1cccc(Br)c1. The topological polar surface area (TPSA) is 21.3 Å². The van der Waals surface area contributed by atoms with Gasteiger partial charge in [-0.25, -0.2) is 0 Å². The van der Waals surface area contributed by atoms with Gasteiger partial charge in [-0.05, 0) is 38.1 Å². The lowest BCUT2D eigenvalue weighted by molar-refractivity contribution is -0.00722. The Labute approximate surface area is 132 Å². The van der Waals surface area contributed by atoms with Gasteiger partial charge in [0.1, 0.15) is 0 Å². The minimum Gasteiger partial charge on any atom is -0.369 e. The third-order valence-electron chi connectivity index (χ3n) is 3.47. The van der Waals surface area contributed by atoms with Crippen LogP contribution in [0, 0.1) is 0 Å². The van der Waals surface area contributed by atoms with E-state index in [1.807, 2.05) is 13.1 Å². The van der Waals surface area contributed by atoms with E-state index < -0.39 is 0 Å². The third kappa shape index (κ3) is 6.87. The number of rotatable bonds is 10. The highest BCUT2D eigenvalue weighted by Crippen LogP contribution is 2.23. The van der Waals surface area contributed by atoms with E-state index in [2.05, 4.69) is 53.3 Å². The summed E-state index contributed by atoms with van der Waals surface area (Å²) in [5, 5.41) is 3.23. The van der Waals surface area contributed by atoms with E-state index >= 15 is 0 Å². The van der Waals surface area contributed by atoms with Crippen molar-refractivity contribution < 1.29 is 4.74 Å². The van der Waals surface area contributed by atoms with E-state index in [0.29, 0.717) is 6.10 Å². The molecule has 1 N–H and O–H groups in total. The molecule has 1 aromatic carbocycles. The molecule has 0 spiro atoms. The predicted molar refractivity (Wildman–Crippen MR) is 90.1 cm³/mol. The number of nitrogens with one attached hydrogen (secondary N) is 1. The van der Waals surface area contributed by atoms with Crippen LogP contribution in [0.2, 0.25) is 0 Å². The Balaban J connectivity index is 2.49. The first-order chi connectivity index (χ1) is 9.67. The fraction of sp³-hybridized carbons (Fsp3) is 0.647. The highest BCUT2D eigenvalue weighted by atomic mass is 79.9. The van der Waals surface area contributed by atoms with Crippen molar-refractivity contribution in [2.45, 2.75) is 58.2 Å². The smallest absolute Gasteiger partial charge is 0.0953 e. The summed E-state index contributed by atoms with van der Waals surface area (Å²) >= 11 is 3.53. The van der Waals surface area contributed by atoms with Crippen LogP contribution in [-0.4, -0.2) is 19.7 Å². The summed E-state index contributed by atoms with van der Waals surface area (Å²) in [6.45, 7) is 5.28. The lowest BCUT2D eigenvalue weighted by atomic mass is 10.1. The zero-order valence-electron chi connectivity index (χ0n) is 13.0. The van der Waals surface area contributed by atoms with Gasteiger partial charge in [0.15, 0.2) is 0 Å². The number of likely N-dealkylation sites (N-methyl/N-ethyl adjacent to an activating group) is 1.